The first-order valence-corrected chi connectivity index (χ1v) is 6.25. The molecule has 0 atom stereocenters. The average Bonchev–Trinajstić information content (AvgIpc) is 2.33. The molecule has 4 nitrogen and oxygen atoms in total. The van der Waals surface area contributed by atoms with Gasteiger partial charge >= 0.3 is 6.18 Å². The number of ether oxygens (including phenoxy) is 3. The van der Waals surface area contributed by atoms with Crippen LogP contribution in [0, 0.1) is 0 Å². The number of Topliss-reactive ketones (excluding diaryl/α,β-unsaturated/α-hetero) is 1. The van der Waals surface area contributed by atoms with E-state index in [0.29, 0.717) is 0 Å². The summed E-state index contributed by atoms with van der Waals surface area (Å²) in [4.78, 5) is 12.1. The lowest BCUT2D eigenvalue weighted by Gasteiger charge is -2.32. The SMILES string of the molecule is COc1cc2c(cc1OCC(F)(F)F)C(=O)CC(C)(C)O2. The average molecular weight is 304 g/mol. The number of halogens is 3. The van der Waals surface area contributed by atoms with Gasteiger partial charge in [0.1, 0.15) is 11.4 Å². The number of carbonyl (C=O) groups is 1. The molecule has 2 rings (SSSR count). The lowest BCUT2D eigenvalue weighted by atomic mass is 9.93. The highest BCUT2D eigenvalue weighted by Gasteiger charge is 2.34. The second-order valence-corrected chi connectivity index (χ2v) is 5.36. The smallest absolute Gasteiger partial charge is 0.422 e. The molecule has 21 heavy (non-hydrogen) atoms. The van der Waals surface area contributed by atoms with E-state index < -0.39 is 18.4 Å². The van der Waals surface area contributed by atoms with Crippen LogP contribution in [0.15, 0.2) is 12.1 Å². The van der Waals surface area contributed by atoms with Crippen molar-refractivity contribution in [3.05, 3.63) is 17.7 Å². The second kappa shape index (κ2) is 5.13. The number of hydrogen-bond donors (Lipinski definition) is 0. The van der Waals surface area contributed by atoms with Crippen LogP contribution in [-0.4, -0.2) is 31.3 Å². The second-order valence-electron chi connectivity index (χ2n) is 5.36. The molecule has 0 fully saturated rings. The van der Waals surface area contributed by atoms with Gasteiger partial charge in [0.2, 0.25) is 0 Å². The molecule has 0 aliphatic carbocycles. The van der Waals surface area contributed by atoms with Gasteiger partial charge in [0.15, 0.2) is 23.9 Å². The Morgan fingerprint density at radius 2 is 1.95 bits per heavy atom. The predicted octanol–water partition coefficient (Wildman–Crippen LogP) is 3.38. The summed E-state index contributed by atoms with van der Waals surface area (Å²) in [5.74, 6) is 0.0296. The molecule has 1 aliphatic heterocycles. The van der Waals surface area contributed by atoms with E-state index in [1.165, 1.54) is 19.2 Å². The first kappa shape index (κ1) is 15.5. The van der Waals surface area contributed by atoms with E-state index in [1.54, 1.807) is 13.8 Å². The van der Waals surface area contributed by atoms with E-state index in [2.05, 4.69) is 0 Å². The van der Waals surface area contributed by atoms with Crippen molar-refractivity contribution in [2.24, 2.45) is 0 Å². The van der Waals surface area contributed by atoms with Crippen LogP contribution in [-0.2, 0) is 0 Å². The van der Waals surface area contributed by atoms with Crippen LogP contribution in [0.4, 0.5) is 13.2 Å². The largest absolute Gasteiger partial charge is 0.493 e. The number of hydrogen-bond acceptors (Lipinski definition) is 4. The summed E-state index contributed by atoms with van der Waals surface area (Å²) in [6, 6.07) is 2.61. The van der Waals surface area contributed by atoms with Gasteiger partial charge in [-0.1, -0.05) is 0 Å². The molecule has 0 amide bonds. The molecule has 1 aromatic rings. The van der Waals surface area contributed by atoms with Crippen molar-refractivity contribution in [2.75, 3.05) is 13.7 Å². The van der Waals surface area contributed by atoms with Gasteiger partial charge in [-0.2, -0.15) is 13.2 Å². The van der Waals surface area contributed by atoms with Gasteiger partial charge in [-0.15, -0.1) is 0 Å². The minimum absolute atomic E-state index is 0.0866. The lowest BCUT2D eigenvalue weighted by molar-refractivity contribution is -0.153. The maximum Gasteiger partial charge on any atom is 0.422 e. The number of carbonyl (C=O) groups excluding carboxylic acids is 1. The third kappa shape index (κ3) is 3.59. The van der Waals surface area contributed by atoms with Crippen LogP contribution in [0.5, 0.6) is 17.2 Å². The summed E-state index contributed by atoms with van der Waals surface area (Å²) in [7, 11) is 1.30. The Balaban J connectivity index is 2.36. The minimum Gasteiger partial charge on any atom is -0.493 e. The molecule has 0 saturated carbocycles. The van der Waals surface area contributed by atoms with E-state index in [0.717, 1.165) is 0 Å². The van der Waals surface area contributed by atoms with Crippen molar-refractivity contribution in [2.45, 2.75) is 32.0 Å². The Morgan fingerprint density at radius 1 is 1.29 bits per heavy atom. The summed E-state index contributed by atoms with van der Waals surface area (Å²) in [6.07, 6.45) is -4.32. The number of fused-ring (bicyclic) bond motifs is 1. The van der Waals surface area contributed by atoms with Crippen LogP contribution in [0.1, 0.15) is 30.6 Å². The van der Waals surface area contributed by atoms with Gasteiger partial charge in [-0.25, -0.2) is 0 Å². The fourth-order valence-electron chi connectivity index (χ4n) is 2.09. The predicted molar refractivity (Wildman–Crippen MR) is 68.2 cm³/mol. The van der Waals surface area contributed by atoms with Crippen molar-refractivity contribution in [1.29, 1.82) is 0 Å². The number of rotatable bonds is 3. The molecule has 1 aromatic carbocycles. The van der Waals surface area contributed by atoms with Crippen molar-refractivity contribution in [3.8, 4) is 17.2 Å². The van der Waals surface area contributed by atoms with Gasteiger partial charge in [-0.05, 0) is 19.9 Å². The Hall–Kier alpha value is -1.92. The molecule has 1 aliphatic rings. The molecule has 0 spiro atoms. The molecule has 0 unspecified atom stereocenters. The summed E-state index contributed by atoms with van der Waals surface area (Å²) >= 11 is 0. The number of benzene rings is 1. The maximum absolute atomic E-state index is 12.2. The zero-order valence-electron chi connectivity index (χ0n) is 11.8. The summed E-state index contributed by atoms with van der Waals surface area (Å²) < 4.78 is 52.1. The Morgan fingerprint density at radius 3 is 2.52 bits per heavy atom. The normalized spacial score (nSPS) is 17.0. The van der Waals surface area contributed by atoms with Gasteiger partial charge in [-0.3, -0.25) is 4.79 Å². The molecular weight excluding hydrogens is 289 g/mol. The fraction of sp³-hybridized carbons (Fsp3) is 0.500. The zero-order chi connectivity index (χ0) is 15.8. The molecule has 0 radical (unpaired) electrons. The highest BCUT2D eigenvalue weighted by atomic mass is 19.4. The molecule has 0 bridgehead atoms. The van der Waals surface area contributed by atoms with Crippen LogP contribution >= 0.6 is 0 Å². The van der Waals surface area contributed by atoms with Gasteiger partial charge in [0, 0.05) is 6.07 Å². The minimum atomic E-state index is -4.47. The molecule has 7 heteroatoms. The van der Waals surface area contributed by atoms with Crippen molar-refractivity contribution in [1.82, 2.24) is 0 Å². The van der Waals surface area contributed by atoms with Crippen LogP contribution in [0.25, 0.3) is 0 Å². The third-order valence-electron chi connectivity index (χ3n) is 2.93. The highest BCUT2D eigenvalue weighted by molar-refractivity contribution is 6.01. The lowest BCUT2D eigenvalue weighted by Crippen LogP contribution is -2.35. The summed E-state index contributed by atoms with van der Waals surface area (Å²) in [6.45, 7) is 2.06. The fourth-order valence-corrected chi connectivity index (χ4v) is 2.09. The molecule has 0 saturated heterocycles. The molecule has 0 N–H and O–H groups in total. The van der Waals surface area contributed by atoms with Crippen LogP contribution in [0.2, 0.25) is 0 Å². The topological polar surface area (TPSA) is 44.8 Å². The van der Waals surface area contributed by atoms with Crippen molar-refractivity contribution < 1.29 is 32.2 Å². The Bertz CT molecular complexity index is 564. The van der Waals surface area contributed by atoms with Gasteiger partial charge in [0.05, 0.1) is 19.1 Å². The standard InChI is InChI=1S/C14H15F3O4/c1-13(2)6-9(18)8-4-12(20-7-14(15,16)17)11(19-3)5-10(8)21-13/h4-5H,6-7H2,1-3H3. The van der Waals surface area contributed by atoms with Crippen molar-refractivity contribution >= 4 is 5.78 Å². The Kier molecular flexibility index (Phi) is 3.78. The first-order chi connectivity index (χ1) is 9.61. The third-order valence-corrected chi connectivity index (χ3v) is 2.93. The van der Waals surface area contributed by atoms with E-state index in [4.69, 9.17) is 14.2 Å². The number of alkyl halides is 3. The van der Waals surface area contributed by atoms with Crippen LogP contribution in [0.3, 0.4) is 0 Å². The molecular formula is C14H15F3O4. The maximum atomic E-state index is 12.2. The van der Waals surface area contributed by atoms with Gasteiger partial charge in [0.25, 0.3) is 0 Å². The number of ketones is 1. The number of methoxy groups -OCH3 is 1. The van der Waals surface area contributed by atoms with Crippen LogP contribution < -0.4 is 14.2 Å². The quantitative estimate of drug-likeness (QED) is 0.858. The Labute approximate surface area is 119 Å². The van der Waals surface area contributed by atoms with E-state index >= 15 is 0 Å². The highest BCUT2D eigenvalue weighted by Crippen LogP contribution is 2.41. The zero-order valence-corrected chi connectivity index (χ0v) is 11.8. The monoisotopic (exact) mass is 304 g/mol. The van der Waals surface area contributed by atoms with E-state index in [1.807, 2.05) is 0 Å². The van der Waals surface area contributed by atoms with Gasteiger partial charge < -0.3 is 14.2 Å². The molecule has 1 heterocycles. The molecule has 116 valence electrons. The summed E-state index contributed by atoms with van der Waals surface area (Å²) in [5, 5.41) is 0. The van der Waals surface area contributed by atoms with Crippen molar-refractivity contribution in [3.63, 3.8) is 0 Å². The molecule has 0 aromatic heterocycles. The first-order valence-electron chi connectivity index (χ1n) is 6.25. The van der Waals surface area contributed by atoms with E-state index in [9.17, 15) is 18.0 Å². The van der Waals surface area contributed by atoms with E-state index in [-0.39, 0.29) is 35.0 Å². The summed E-state index contributed by atoms with van der Waals surface area (Å²) in [5.41, 5.74) is -0.462.